The Morgan fingerprint density at radius 1 is 1.07 bits per heavy atom. The fraction of sp³-hybridized carbons (Fsp3) is 0.556. The monoisotopic (exact) mass is 574 g/mol. The molecule has 218 valence electrons. The number of rotatable bonds is 11. The number of anilines is 1. The number of nitrogens with one attached hydrogen (secondary N) is 1. The zero-order valence-corrected chi connectivity index (χ0v) is 25.0. The Kier molecular flexibility index (Phi) is 8.66. The van der Waals surface area contributed by atoms with E-state index >= 15 is 0 Å². The van der Waals surface area contributed by atoms with E-state index in [-0.39, 0.29) is 23.5 Å². The van der Waals surface area contributed by atoms with Gasteiger partial charge in [-0.1, -0.05) is 6.07 Å². The van der Waals surface area contributed by atoms with E-state index in [1.807, 2.05) is 34.6 Å². The van der Waals surface area contributed by atoms with Gasteiger partial charge in [-0.05, 0) is 72.1 Å². The minimum atomic E-state index is -4.12. The number of ether oxygens (including phenoxy) is 4. The van der Waals surface area contributed by atoms with Crippen molar-refractivity contribution in [2.24, 2.45) is 0 Å². The molecular formula is C27H38N6O6S. The first kappa shape index (κ1) is 29.7. The van der Waals surface area contributed by atoms with E-state index in [9.17, 15) is 8.42 Å². The van der Waals surface area contributed by atoms with Gasteiger partial charge >= 0.3 is 0 Å². The lowest BCUT2D eigenvalue weighted by Crippen LogP contribution is -2.35. The smallest absolute Gasteiger partial charge is 0.243 e. The molecule has 3 aromatic rings. The van der Waals surface area contributed by atoms with Gasteiger partial charge in [-0.3, -0.25) is 9.29 Å². The van der Waals surface area contributed by atoms with Crippen molar-refractivity contribution in [3.8, 4) is 17.2 Å². The molecule has 0 spiro atoms. The fourth-order valence-corrected chi connectivity index (χ4v) is 5.70. The average molecular weight is 575 g/mol. The van der Waals surface area contributed by atoms with Crippen LogP contribution in [-0.2, 0) is 19.5 Å². The number of methoxy groups -OCH3 is 2. The molecular weight excluding hydrogens is 536 g/mol. The topological polar surface area (TPSA) is 140 Å². The summed E-state index contributed by atoms with van der Waals surface area (Å²) in [7, 11) is -1.07. The number of sulfonamides is 1. The molecule has 0 saturated carbocycles. The SMILES string of the molecule is COc1cccc(OC)c1-n1c(NS(=O)(=O)[C@@H](C)[C@@H](OC(C)C)c2ncc(C)cn2)nnc1C1CCC(C)(C)O1. The molecule has 3 heterocycles. The molecule has 1 N–H and O–H groups in total. The minimum Gasteiger partial charge on any atom is -0.494 e. The zero-order chi connectivity index (χ0) is 29.2. The number of benzene rings is 1. The largest absolute Gasteiger partial charge is 0.494 e. The average Bonchev–Trinajstić information content (AvgIpc) is 3.48. The van der Waals surface area contributed by atoms with E-state index in [0.717, 1.165) is 12.0 Å². The maximum Gasteiger partial charge on any atom is 0.243 e. The first-order chi connectivity index (χ1) is 18.9. The van der Waals surface area contributed by atoms with E-state index in [4.69, 9.17) is 18.9 Å². The number of hydrogen-bond acceptors (Lipinski definition) is 10. The van der Waals surface area contributed by atoms with Crippen molar-refractivity contribution in [3.63, 3.8) is 0 Å². The molecule has 2 aromatic heterocycles. The molecule has 1 aliphatic rings. The summed E-state index contributed by atoms with van der Waals surface area (Å²) < 4.78 is 55.5. The zero-order valence-electron chi connectivity index (χ0n) is 24.2. The Balaban J connectivity index is 1.80. The number of aryl methyl sites for hydroxylation is 1. The second-order valence-electron chi connectivity index (χ2n) is 10.7. The molecule has 1 fully saturated rings. The lowest BCUT2D eigenvalue weighted by atomic mass is 10.1. The molecule has 1 saturated heterocycles. The second kappa shape index (κ2) is 11.7. The third kappa shape index (κ3) is 6.21. The Hall–Kier alpha value is -3.29. The highest BCUT2D eigenvalue weighted by Gasteiger charge is 2.39. The van der Waals surface area contributed by atoms with Crippen molar-refractivity contribution in [1.82, 2.24) is 24.7 Å². The molecule has 12 nitrogen and oxygen atoms in total. The quantitative estimate of drug-likeness (QED) is 0.352. The summed E-state index contributed by atoms with van der Waals surface area (Å²) in [4.78, 5) is 8.69. The lowest BCUT2D eigenvalue weighted by molar-refractivity contribution is -0.0207. The number of hydrogen-bond donors (Lipinski definition) is 1. The van der Waals surface area contributed by atoms with E-state index in [1.165, 1.54) is 14.2 Å². The molecule has 0 amide bonds. The van der Waals surface area contributed by atoms with Gasteiger partial charge in [-0.2, -0.15) is 0 Å². The molecule has 13 heteroatoms. The lowest BCUT2D eigenvalue weighted by Gasteiger charge is -2.26. The molecule has 0 radical (unpaired) electrons. The number of aromatic nitrogens is 5. The van der Waals surface area contributed by atoms with Gasteiger partial charge in [0, 0.05) is 12.4 Å². The molecule has 0 aliphatic carbocycles. The van der Waals surface area contributed by atoms with Gasteiger partial charge in [0.15, 0.2) is 11.6 Å². The van der Waals surface area contributed by atoms with Gasteiger partial charge in [0.2, 0.25) is 16.0 Å². The van der Waals surface area contributed by atoms with Crippen LogP contribution in [0.2, 0.25) is 0 Å². The van der Waals surface area contributed by atoms with Gasteiger partial charge in [0.05, 0.1) is 25.9 Å². The van der Waals surface area contributed by atoms with Crippen LogP contribution in [0, 0.1) is 6.92 Å². The van der Waals surface area contributed by atoms with Crippen molar-refractivity contribution in [3.05, 3.63) is 47.8 Å². The van der Waals surface area contributed by atoms with Gasteiger partial charge in [-0.25, -0.2) is 18.4 Å². The van der Waals surface area contributed by atoms with E-state index < -0.39 is 27.5 Å². The van der Waals surface area contributed by atoms with Crippen LogP contribution < -0.4 is 14.2 Å². The normalized spacial score (nSPS) is 18.5. The Labute approximate surface area is 235 Å². The molecule has 40 heavy (non-hydrogen) atoms. The Bertz CT molecular complexity index is 1400. The van der Waals surface area contributed by atoms with E-state index in [0.29, 0.717) is 29.4 Å². The standard InChI is InChI=1S/C27H38N6O6S/c1-16(2)38-23(24-28-14-17(3)15-29-24)18(4)40(34,35)32-26-31-30-25(21-12-13-27(5,6)39-21)33(26)22-19(36-7)10-9-11-20(22)37-8/h9-11,14-16,18,21,23H,12-13H2,1-8H3,(H,31,32)/t18-,21?,23+/m0/s1. The third-order valence-electron chi connectivity index (χ3n) is 6.69. The van der Waals surface area contributed by atoms with Gasteiger partial charge in [-0.15, -0.1) is 10.2 Å². The van der Waals surface area contributed by atoms with Crippen molar-refractivity contribution >= 4 is 16.0 Å². The fourth-order valence-electron chi connectivity index (χ4n) is 4.61. The van der Waals surface area contributed by atoms with Crippen LogP contribution in [-0.4, -0.2) is 64.3 Å². The Morgan fingerprint density at radius 2 is 1.70 bits per heavy atom. The Morgan fingerprint density at radius 3 is 2.23 bits per heavy atom. The predicted octanol–water partition coefficient (Wildman–Crippen LogP) is 4.31. The van der Waals surface area contributed by atoms with Gasteiger partial charge in [0.1, 0.15) is 34.6 Å². The van der Waals surface area contributed by atoms with Crippen molar-refractivity contribution < 1.29 is 27.4 Å². The van der Waals surface area contributed by atoms with Crippen LogP contribution >= 0.6 is 0 Å². The molecule has 4 rings (SSSR count). The molecule has 1 unspecified atom stereocenters. The summed E-state index contributed by atoms with van der Waals surface area (Å²) in [6.07, 6.45) is 3.11. The predicted molar refractivity (Wildman–Crippen MR) is 149 cm³/mol. The minimum absolute atomic E-state index is 0.0360. The summed E-state index contributed by atoms with van der Waals surface area (Å²) in [6.45, 7) is 11.1. The molecule has 1 aromatic carbocycles. The molecule has 0 bridgehead atoms. The van der Waals surface area contributed by atoms with Crippen LogP contribution in [0.4, 0.5) is 5.95 Å². The maximum absolute atomic E-state index is 13.9. The maximum atomic E-state index is 13.9. The highest BCUT2D eigenvalue weighted by Crippen LogP contribution is 2.43. The highest BCUT2D eigenvalue weighted by molar-refractivity contribution is 7.93. The van der Waals surface area contributed by atoms with Gasteiger partial charge in [0.25, 0.3) is 0 Å². The van der Waals surface area contributed by atoms with Crippen LogP contribution in [0.1, 0.15) is 76.9 Å². The summed E-state index contributed by atoms with van der Waals surface area (Å²) >= 11 is 0. The summed E-state index contributed by atoms with van der Waals surface area (Å²) in [5.41, 5.74) is 0.933. The highest BCUT2D eigenvalue weighted by atomic mass is 32.2. The van der Waals surface area contributed by atoms with Crippen LogP contribution in [0.15, 0.2) is 30.6 Å². The first-order valence-electron chi connectivity index (χ1n) is 13.2. The number of nitrogens with zero attached hydrogens (tertiary/aromatic N) is 5. The summed E-state index contributed by atoms with van der Waals surface area (Å²) in [6, 6.07) is 5.29. The van der Waals surface area contributed by atoms with Crippen molar-refractivity contribution in [2.75, 3.05) is 18.9 Å². The van der Waals surface area contributed by atoms with Crippen LogP contribution in [0.5, 0.6) is 11.5 Å². The van der Waals surface area contributed by atoms with Gasteiger partial charge < -0.3 is 18.9 Å². The van der Waals surface area contributed by atoms with Crippen molar-refractivity contribution in [2.45, 2.75) is 83.5 Å². The summed E-state index contributed by atoms with van der Waals surface area (Å²) in [5.74, 6) is 1.55. The third-order valence-corrected chi connectivity index (χ3v) is 8.39. The second-order valence-corrected chi connectivity index (χ2v) is 12.7. The van der Waals surface area contributed by atoms with E-state index in [2.05, 4.69) is 24.9 Å². The van der Waals surface area contributed by atoms with E-state index in [1.54, 1.807) is 42.1 Å². The van der Waals surface area contributed by atoms with Crippen molar-refractivity contribution in [1.29, 1.82) is 0 Å². The van der Waals surface area contributed by atoms with Crippen LogP contribution in [0.25, 0.3) is 5.69 Å². The summed E-state index contributed by atoms with van der Waals surface area (Å²) in [5, 5.41) is 7.57. The number of para-hydroxylation sites is 1. The molecule has 3 atom stereocenters. The van der Waals surface area contributed by atoms with Crippen LogP contribution in [0.3, 0.4) is 0 Å². The first-order valence-corrected chi connectivity index (χ1v) is 14.7. The molecule has 1 aliphatic heterocycles.